The van der Waals surface area contributed by atoms with E-state index in [0.29, 0.717) is 29.2 Å². The van der Waals surface area contributed by atoms with Crippen LogP contribution in [0.15, 0.2) is 77.0 Å². The van der Waals surface area contributed by atoms with Gasteiger partial charge in [-0.1, -0.05) is 23.7 Å². The fraction of sp³-hybridized carbons (Fsp3) is 0.0952. The van der Waals surface area contributed by atoms with Crippen LogP contribution in [0, 0.1) is 0 Å². The largest absolute Gasteiger partial charge is 0.507 e. The van der Waals surface area contributed by atoms with Gasteiger partial charge < -0.3 is 9.84 Å². The molecular formula is C21H19BN4O2. The smallest absolute Gasteiger partial charge is 0.172 e. The lowest BCUT2D eigenvalue weighted by Crippen LogP contribution is -2.20. The van der Waals surface area contributed by atoms with Crippen LogP contribution in [0.25, 0.3) is 0 Å². The lowest BCUT2D eigenvalue weighted by atomic mass is 9.94. The molecule has 2 radical (unpaired) electrons. The molecule has 3 aromatic rings. The SMILES string of the molecule is [B]c1ccc(O)c(/C=N/NC(=Nc2ccc(OCC)cc2)c2ccccn2)c1. The molecule has 3 rings (SSSR count). The van der Waals surface area contributed by atoms with E-state index < -0.39 is 0 Å². The molecule has 0 aliphatic heterocycles. The third kappa shape index (κ3) is 5.20. The minimum absolute atomic E-state index is 0.0857. The maximum absolute atomic E-state index is 9.89. The number of pyridine rings is 1. The number of nitrogens with one attached hydrogen (secondary N) is 1. The highest BCUT2D eigenvalue weighted by Crippen LogP contribution is 2.19. The van der Waals surface area contributed by atoms with Crippen molar-refractivity contribution in [2.24, 2.45) is 10.1 Å². The van der Waals surface area contributed by atoms with E-state index in [4.69, 9.17) is 12.6 Å². The van der Waals surface area contributed by atoms with Crippen LogP contribution < -0.4 is 15.6 Å². The lowest BCUT2D eigenvalue weighted by Gasteiger charge is -2.07. The van der Waals surface area contributed by atoms with Crippen molar-refractivity contribution in [1.82, 2.24) is 10.4 Å². The normalized spacial score (nSPS) is 11.5. The van der Waals surface area contributed by atoms with E-state index in [-0.39, 0.29) is 5.75 Å². The van der Waals surface area contributed by atoms with Gasteiger partial charge in [0.15, 0.2) is 5.84 Å². The molecule has 2 aromatic carbocycles. The van der Waals surface area contributed by atoms with Gasteiger partial charge in [-0.2, -0.15) is 5.10 Å². The van der Waals surface area contributed by atoms with Crippen molar-refractivity contribution in [1.29, 1.82) is 0 Å². The standard InChI is InChI=1S/C21H19BN4O2/c1-2-28-18-9-7-17(8-10-18)25-21(19-5-3-4-12-23-19)26-24-14-15-13-16(22)6-11-20(15)27/h3-14,27H,2H2,1H3,(H,25,26)/b24-14+. The Labute approximate surface area is 165 Å². The van der Waals surface area contributed by atoms with Crippen LogP contribution >= 0.6 is 0 Å². The first-order valence-corrected chi connectivity index (χ1v) is 8.76. The maximum atomic E-state index is 9.89. The first-order chi connectivity index (χ1) is 13.7. The van der Waals surface area contributed by atoms with Gasteiger partial charge in [0.25, 0.3) is 0 Å². The molecule has 138 valence electrons. The van der Waals surface area contributed by atoms with Crippen LogP contribution in [0.3, 0.4) is 0 Å². The number of amidine groups is 1. The molecule has 0 amide bonds. The first-order valence-electron chi connectivity index (χ1n) is 8.76. The Hall–Kier alpha value is -3.61. The van der Waals surface area contributed by atoms with E-state index >= 15 is 0 Å². The van der Waals surface area contributed by atoms with E-state index in [0.717, 1.165) is 11.4 Å². The zero-order valence-electron chi connectivity index (χ0n) is 15.4. The van der Waals surface area contributed by atoms with Gasteiger partial charge in [0.2, 0.25) is 0 Å². The molecule has 0 spiro atoms. The Morgan fingerprint density at radius 1 is 1.18 bits per heavy atom. The molecule has 1 aromatic heterocycles. The van der Waals surface area contributed by atoms with Gasteiger partial charge in [0.05, 0.1) is 18.5 Å². The fourth-order valence-electron chi connectivity index (χ4n) is 2.39. The van der Waals surface area contributed by atoms with Crippen LogP contribution in [0.4, 0.5) is 5.69 Å². The van der Waals surface area contributed by atoms with E-state index in [1.807, 2.05) is 49.4 Å². The van der Waals surface area contributed by atoms with Crippen molar-refractivity contribution in [2.45, 2.75) is 6.92 Å². The fourth-order valence-corrected chi connectivity index (χ4v) is 2.39. The average Bonchev–Trinajstić information content (AvgIpc) is 2.72. The number of rotatable bonds is 6. The number of benzene rings is 2. The molecule has 0 fully saturated rings. The number of hydrogen-bond acceptors (Lipinski definition) is 5. The van der Waals surface area contributed by atoms with E-state index in [1.54, 1.807) is 18.3 Å². The van der Waals surface area contributed by atoms with Gasteiger partial charge in [-0.3, -0.25) is 10.4 Å². The number of aromatic hydroxyl groups is 1. The summed E-state index contributed by atoms with van der Waals surface area (Å²) in [5.74, 6) is 1.33. The average molecular weight is 370 g/mol. The number of nitrogens with zero attached hydrogens (tertiary/aromatic N) is 3. The Morgan fingerprint density at radius 2 is 2.00 bits per heavy atom. The molecule has 2 N–H and O–H groups in total. The molecule has 0 unspecified atom stereocenters. The highest BCUT2D eigenvalue weighted by atomic mass is 16.5. The summed E-state index contributed by atoms with van der Waals surface area (Å²) in [5.41, 5.74) is 5.27. The number of phenolic OH excluding ortho intramolecular Hbond substituents is 1. The second-order valence-corrected chi connectivity index (χ2v) is 5.79. The monoisotopic (exact) mass is 370 g/mol. The molecule has 6 nitrogen and oxygen atoms in total. The van der Waals surface area contributed by atoms with Crippen molar-refractivity contribution in [3.05, 3.63) is 78.1 Å². The Morgan fingerprint density at radius 3 is 2.71 bits per heavy atom. The second kappa shape index (κ2) is 9.37. The van der Waals surface area contributed by atoms with Crippen LogP contribution in [0.5, 0.6) is 11.5 Å². The second-order valence-electron chi connectivity index (χ2n) is 5.79. The molecule has 0 bridgehead atoms. The highest BCUT2D eigenvalue weighted by Gasteiger charge is 2.05. The van der Waals surface area contributed by atoms with E-state index in [9.17, 15) is 5.11 Å². The molecule has 1 heterocycles. The highest BCUT2D eigenvalue weighted by molar-refractivity contribution is 6.32. The zero-order chi connectivity index (χ0) is 19.8. The lowest BCUT2D eigenvalue weighted by molar-refractivity contribution is 0.340. The molecular weight excluding hydrogens is 351 g/mol. The van der Waals surface area contributed by atoms with Crippen molar-refractivity contribution < 1.29 is 9.84 Å². The first kappa shape index (κ1) is 19.2. The van der Waals surface area contributed by atoms with Crippen molar-refractivity contribution in [3.63, 3.8) is 0 Å². The summed E-state index contributed by atoms with van der Waals surface area (Å²) in [6.07, 6.45) is 3.15. The van der Waals surface area contributed by atoms with Gasteiger partial charge >= 0.3 is 0 Å². The van der Waals surface area contributed by atoms with E-state index in [2.05, 4.69) is 20.5 Å². The van der Waals surface area contributed by atoms with Gasteiger partial charge in [0.1, 0.15) is 25.0 Å². The molecule has 0 saturated heterocycles. The number of ether oxygens (including phenoxy) is 1. The van der Waals surface area contributed by atoms with Crippen LogP contribution in [0.1, 0.15) is 18.2 Å². The van der Waals surface area contributed by atoms with E-state index in [1.165, 1.54) is 12.3 Å². The topological polar surface area (TPSA) is 79.1 Å². The third-order valence-electron chi connectivity index (χ3n) is 3.72. The van der Waals surface area contributed by atoms with Gasteiger partial charge in [-0.15, -0.1) is 0 Å². The number of phenols is 1. The summed E-state index contributed by atoms with van der Waals surface area (Å²) in [7, 11) is 5.75. The quantitative estimate of drug-likeness (QED) is 0.303. The number of hydrazone groups is 1. The van der Waals surface area contributed by atoms with Crippen molar-refractivity contribution >= 4 is 31.0 Å². The molecule has 0 atom stereocenters. The molecule has 28 heavy (non-hydrogen) atoms. The van der Waals surface area contributed by atoms with Crippen LogP contribution in [-0.2, 0) is 0 Å². The zero-order valence-corrected chi connectivity index (χ0v) is 15.4. The minimum atomic E-state index is 0.0857. The molecule has 0 saturated carbocycles. The molecule has 0 aliphatic carbocycles. The Bertz CT molecular complexity index is 973. The van der Waals surface area contributed by atoms with Crippen LogP contribution in [0.2, 0.25) is 0 Å². The van der Waals surface area contributed by atoms with Crippen LogP contribution in [-0.4, -0.2) is 36.6 Å². The predicted molar refractivity (Wildman–Crippen MR) is 112 cm³/mol. The maximum Gasteiger partial charge on any atom is 0.172 e. The third-order valence-corrected chi connectivity index (χ3v) is 3.72. The summed E-state index contributed by atoms with van der Waals surface area (Å²) in [6.45, 7) is 2.54. The van der Waals surface area contributed by atoms with Gasteiger partial charge in [0, 0.05) is 11.8 Å². The molecule has 7 heteroatoms. The number of hydrogen-bond donors (Lipinski definition) is 2. The number of aliphatic imine (C=N–C) groups is 1. The Balaban J connectivity index is 1.85. The summed E-state index contributed by atoms with van der Waals surface area (Å²) in [6, 6.07) is 17.7. The summed E-state index contributed by atoms with van der Waals surface area (Å²) >= 11 is 0. The molecule has 0 aliphatic rings. The van der Waals surface area contributed by atoms with Crippen molar-refractivity contribution in [3.8, 4) is 11.5 Å². The predicted octanol–water partition coefficient (Wildman–Crippen LogP) is 2.68. The summed E-state index contributed by atoms with van der Waals surface area (Å²) in [4.78, 5) is 8.91. The number of aromatic nitrogens is 1. The summed E-state index contributed by atoms with van der Waals surface area (Å²) < 4.78 is 5.45. The Kier molecular flexibility index (Phi) is 6.41. The van der Waals surface area contributed by atoms with Gasteiger partial charge in [-0.05, 0) is 49.4 Å². The minimum Gasteiger partial charge on any atom is -0.507 e. The van der Waals surface area contributed by atoms with Gasteiger partial charge in [-0.25, -0.2) is 4.99 Å². The summed E-state index contributed by atoms with van der Waals surface area (Å²) in [5, 5.41) is 14.1. The van der Waals surface area contributed by atoms with Crippen molar-refractivity contribution in [2.75, 3.05) is 6.61 Å².